The van der Waals surface area contributed by atoms with E-state index in [0.29, 0.717) is 6.04 Å². The Morgan fingerprint density at radius 3 is 2.60 bits per heavy atom. The molecule has 2 rings (SSSR count). The molecule has 0 spiro atoms. The molecule has 0 aliphatic heterocycles. The van der Waals surface area contributed by atoms with Crippen LogP contribution >= 0.6 is 39.3 Å². The van der Waals surface area contributed by atoms with Crippen LogP contribution in [0.1, 0.15) is 19.4 Å². The van der Waals surface area contributed by atoms with Gasteiger partial charge in [-0.05, 0) is 29.8 Å². The van der Waals surface area contributed by atoms with Crippen molar-refractivity contribution in [2.24, 2.45) is 0 Å². The topological polar surface area (TPSA) is 12.0 Å². The van der Waals surface area contributed by atoms with E-state index in [0.717, 1.165) is 20.9 Å². The highest BCUT2D eigenvalue weighted by atomic mass is 79.9. The van der Waals surface area contributed by atoms with E-state index in [1.165, 1.54) is 10.5 Å². The molecule has 20 heavy (non-hydrogen) atoms. The van der Waals surface area contributed by atoms with Crippen molar-refractivity contribution in [2.75, 3.05) is 0 Å². The molecule has 0 heterocycles. The maximum absolute atomic E-state index is 6.19. The van der Waals surface area contributed by atoms with Gasteiger partial charge in [0.25, 0.3) is 0 Å². The maximum atomic E-state index is 6.19. The van der Waals surface area contributed by atoms with E-state index >= 15 is 0 Å². The lowest BCUT2D eigenvalue weighted by atomic mass is 10.2. The van der Waals surface area contributed by atoms with Crippen LogP contribution in [0.4, 0.5) is 0 Å². The van der Waals surface area contributed by atoms with E-state index in [2.05, 4.69) is 53.3 Å². The molecule has 4 heteroatoms. The van der Waals surface area contributed by atoms with Gasteiger partial charge >= 0.3 is 0 Å². The molecule has 106 valence electrons. The van der Waals surface area contributed by atoms with Crippen molar-refractivity contribution in [1.29, 1.82) is 0 Å². The first-order chi connectivity index (χ1) is 9.56. The summed E-state index contributed by atoms with van der Waals surface area (Å²) in [4.78, 5) is 2.26. The summed E-state index contributed by atoms with van der Waals surface area (Å²) in [6.45, 7) is 5.17. The van der Waals surface area contributed by atoms with E-state index < -0.39 is 0 Å². The fraction of sp³-hybridized carbons (Fsp3) is 0.250. The summed E-state index contributed by atoms with van der Waals surface area (Å²) in [5.41, 5.74) is 1.27. The van der Waals surface area contributed by atoms with Crippen molar-refractivity contribution in [3.8, 4) is 0 Å². The summed E-state index contributed by atoms with van der Waals surface area (Å²) < 4.78 is 1.13. The van der Waals surface area contributed by atoms with Gasteiger partial charge in [-0.25, -0.2) is 0 Å². The highest BCUT2D eigenvalue weighted by Crippen LogP contribution is 2.34. The SMILES string of the molecule is CC(C)NCc1ccc(Sc2ccccc2Cl)cc1Br. The lowest BCUT2D eigenvalue weighted by Crippen LogP contribution is -2.21. The molecule has 0 aromatic heterocycles. The Morgan fingerprint density at radius 2 is 1.95 bits per heavy atom. The van der Waals surface area contributed by atoms with Crippen LogP contribution in [0, 0.1) is 0 Å². The summed E-state index contributed by atoms with van der Waals surface area (Å²) >= 11 is 11.5. The molecule has 0 atom stereocenters. The van der Waals surface area contributed by atoms with Gasteiger partial charge in [0, 0.05) is 26.9 Å². The normalized spacial score (nSPS) is 11.1. The van der Waals surface area contributed by atoms with Crippen LogP contribution in [0.2, 0.25) is 5.02 Å². The minimum absolute atomic E-state index is 0.485. The fourth-order valence-corrected chi connectivity index (χ4v) is 3.50. The molecule has 0 bridgehead atoms. The second-order valence-corrected chi connectivity index (χ2v) is 7.20. The fourth-order valence-electron chi connectivity index (χ4n) is 1.70. The highest BCUT2D eigenvalue weighted by molar-refractivity contribution is 9.10. The molecule has 0 radical (unpaired) electrons. The number of hydrogen-bond acceptors (Lipinski definition) is 2. The van der Waals surface area contributed by atoms with Crippen LogP contribution in [0.5, 0.6) is 0 Å². The first-order valence-corrected chi connectivity index (χ1v) is 8.49. The molecular formula is C16H17BrClNS. The Balaban J connectivity index is 2.11. The number of nitrogens with one attached hydrogen (secondary N) is 1. The Morgan fingerprint density at radius 1 is 1.20 bits per heavy atom. The predicted octanol–water partition coefficient (Wildman–Crippen LogP) is 5.75. The van der Waals surface area contributed by atoms with Crippen molar-refractivity contribution in [3.63, 3.8) is 0 Å². The van der Waals surface area contributed by atoms with Gasteiger partial charge in [0.15, 0.2) is 0 Å². The first-order valence-electron chi connectivity index (χ1n) is 6.50. The molecular weight excluding hydrogens is 354 g/mol. The van der Waals surface area contributed by atoms with Crippen molar-refractivity contribution in [3.05, 3.63) is 57.5 Å². The van der Waals surface area contributed by atoms with Gasteiger partial charge < -0.3 is 5.32 Å². The van der Waals surface area contributed by atoms with Gasteiger partial charge in [-0.15, -0.1) is 0 Å². The molecule has 0 saturated carbocycles. The summed E-state index contributed by atoms with van der Waals surface area (Å²) in [6.07, 6.45) is 0. The van der Waals surface area contributed by atoms with Crippen molar-refractivity contribution in [1.82, 2.24) is 5.32 Å². The monoisotopic (exact) mass is 369 g/mol. The smallest absolute Gasteiger partial charge is 0.0545 e. The van der Waals surface area contributed by atoms with E-state index in [4.69, 9.17) is 11.6 Å². The van der Waals surface area contributed by atoms with E-state index in [9.17, 15) is 0 Å². The van der Waals surface area contributed by atoms with Crippen molar-refractivity contribution >= 4 is 39.3 Å². The standard InChI is InChI=1S/C16H17BrClNS/c1-11(2)19-10-12-7-8-13(9-14(12)17)20-16-6-4-3-5-15(16)18/h3-9,11,19H,10H2,1-2H3. The molecule has 0 saturated heterocycles. The molecule has 0 unspecified atom stereocenters. The van der Waals surface area contributed by atoms with E-state index in [-0.39, 0.29) is 0 Å². The lowest BCUT2D eigenvalue weighted by molar-refractivity contribution is 0.587. The van der Waals surface area contributed by atoms with Crippen molar-refractivity contribution in [2.45, 2.75) is 36.2 Å². The summed E-state index contributed by atoms with van der Waals surface area (Å²) in [6, 6.07) is 14.8. The van der Waals surface area contributed by atoms with Gasteiger partial charge in [0.05, 0.1) is 5.02 Å². The van der Waals surface area contributed by atoms with E-state index in [1.807, 2.05) is 24.3 Å². The van der Waals surface area contributed by atoms with Crippen LogP contribution in [0.15, 0.2) is 56.7 Å². The zero-order valence-electron chi connectivity index (χ0n) is 11.5. The molecule has 1 N–H and O–H groups in total. The molecule has 0 fully saturated rings. The number of hydrogen-bond donors (Lipinski definition) is 1. The Kier molecular flexibility index (Phi) is 5.97. The van der Waals surface area contributed by atoms with Gasteiger partial charge in [-0.2, -0.15) is 0 Å². The average Bonchev–Trinajstić information content (AvgIpc) is 2.40. The average molecular weight is 371 g/mol. The lowest BCUT2D eigenvalue weighted by Gasteiger charge is -2.11. The zero-order chi connectivity index (χ0) is 14.5. The van der Waals surface area contributed by atoms with Crippen molar-refractivity contribution < 1.29 is 0 Å². The Bertz CT molecular complexity index is 586. The van der Waals surface area contributed by atoms with Crippen LogP contribution in [0.3, 0.4) is 0 Å². The Labute approximate surface area is 138 Å². The number of rotatable bonds is 5. The third-order valence-corrected chi connectivity index (χ3v) is 5.04. The quantitative estimate of drug-likeness (QED) is 0.719. The first kappa shape index (κ1) is 15.9. The third kappa shape index (κ3) is 4.52. The van der Waals surface area contributed by atoms with Crippen LogP contribution in [-0.4, -0.2) is 6.04 Å². The summed E-state index contributed by atoms with van der Waals surface area (Å²) in [5.74, 6) is 0. The minimum Gasteiger partial charge on any atom is -0.310 e. The number of halogens is 2. The van der Waals surface area contributed by atoms with Gasteiger partial charge in [0.2, 0.25) is 0 Å². The molecule has 0 aliphatic carbocycles. The van der Waals surface area contributed by atoms with Crippen LogP contribution in [0.25, 0.3) is 0 Å². The zero-order valence-corrected chi connectivity index (χ0v) is 14.6. The molecule has 0 aliphatic rings. The summed E-state index contributed by atoms with van der Waals surface area (Å²) in [5, 5.41) is 4.21. The molecule has 1 nitrogen and oxygen atoms in total. The van der Waals surface area contributed by atoms with Crippen LogP contribution in [-0.2, 0) is 6.54 Å². The third-order valence-electron chi connectivity index (χ3n) is 2.79. The second-order valence-electron chi connectivity index (χ2n) is 4.82. The number of benzene rings is 2. The molecule has 2 aromatic carbocycles. The van der Waals surface area contributed by atoms with Gasteiger partial charge in [-0.3, -0.25) is 0 Å². The largest absolute Gasteiger partial charge is 0.310 e. The molecule has 0 amide bonds. The summed E-state index contributed by atoms with van der Waals surface area (Å²) in [7, 11) is 0. The molecule has 2 aromatic rings. The van der Waals surface area contributed by atoms with E-state index in [1.54, 1.807) is 11.8 Å². The van der Waals surface area contributed by atoms with Gasteiger partial charge in [-0.1, -0.05) is 71.3 Å². The Hall–Kier alpha value is -0.480. The van der Waals surface area contributed by atoms with Crippen LogP contribution < -0.4 is 5.32 Å². The highest BCUT2D eigenvalue weighted by Gasteiger charge is 2.06. The minimum atomic E-state index is 0.485. The predicted molar refractivity (Wildman–Crippen MR) is 91.7 cm³/mol. The maximum Gasteiger partial charge on any atom is 0.0545 e. The van der Waals surface area contributed by atoms with Gasteiger partial charge in [0.1, 0.15) is 0 Å². The second kappa shape index (κ2) is 7.51.